The maximum absolute atomic E-state index is 11.7. The molecule has 0 aromatic carbocycles. The van der Waals surface area contributed by atoms with Crippen molar-refractivity contribution in [1.82, 2.24) is 0 Å². The SMILES string of the molecule is C=CP(=O)(CCC)CCC#N. The van der Waals surface area contributed by atoms with Crippen LogP contribution in [0.25, 0.3) is 0 Å². The van der Waals surface area contributed by atoms with E-state index in [1.807, 2.05) is 13.0 Å². The predicted octanol–water partition coefficient (Wildman–Crippen LogP) is 2.82. The third-order valence-corrected chi connectivity index (χ3v) is 4.39. The van der Waals surface area contributed by atoms with Gasteiger partial charge < -0.3 is 4.57 Å². The number of hydrogen-bond acceptors (Lipinski definition) is 2. The molecule has 0 saturated carbocycles. The molecule has 0 aliphatic carbocycles. The van der Waals surface area contributed by atoms with E-state index in [1.54, 1.807) is 0 Å². The number of hydrogen-bond donors (Lipinski definition) is 0. The summed E-state index contributed by atoms with van der Waals surface area (Å²) in [5.74, 6) is 1.54. The fourth-order valence-electron chi connectivity index (χ4n) is 0.912. The standard InChI is InChI=1S/C8H14NOP/c1-3-7-11(10,4-2)8-5-6-9/h4H,2-3,5,7-8H2,1H3. The first-order chi connectivity index (χ1) is 5.18. The molecule has 1 atom stereocenters. The lowest BCUT2D eigenvalue weighted by molar-refractivity contribution is 0.579. The molecule has 62 valence electrons. The van der Waals surface area contributed by atoms with Crippen molar-refractivity contribution in [1.29, 1.82) is 5.26 Å². The van der Waals surface area contributed by atoms with Gasteiger partial charge in [-0.15, -0.1) is 0 Å². The first-order valence-corrected chi connectivity index (χ1v) is 5.91. The van der Waals surface area contributed by atoms with Crippen molar-refractivity contribution < 1.29 is 4.57 Å². The Bertz CT molecular complexity index is 205. The monoisotopic (exact) mass is 171 g/mol. The average Bonchev–Trinajstić information content (AvgIpc) is 2.02. The van der Waals surface area contributed by atoms with Gasteiger partial charge in [-0.25, -0.2) is 0 Å². The zero-order valence-electron chi connectivity index (χ0n) is 6.92. The highest BCUT2D eigenvalue weighted by molar-refractivity contribution is 7.67. The van der Waals surface area contributed by atoms with E-state index in [1.165, 1.54) is 5.82 Å². The molecule has 3 heteroatoms. The Balaban J connectivity index is 4.02. The van der Waals surface area contributed by atoms with Gasteiger partial charge in [0.2, 0.25) is 0 Å². The van der Waals surface area contributed by atoms with Gasteiger partial charge in [0.25, 0.3) is 0 Å². The van der Waals surface area contributed by atoms with Gasteiger partial charge >= 0.3 is 0 Å². The van der Waals surface area contributed by atoms with Gasteiger partial charge in [-0.05, 0) is 12.2 Å². The largest absolute Gasteiger partial charge is 0.319 e. The van der Waals surface area contributed by atoms with Crippen molar-refractivity contribution in [2.75, 3.05) is 12.3 Å². The van der Waals surface area contributed by atoms with Crippen LogP contribution in [0.1, 0.15) is 19.8 Å². The third kappa shape index (κ3) is 4.01. The minimum Gasteiger partial charge on any atom is -0.319 e. The minimum atomic E-state index is -2.18. The van der Waals surface area contributed by atoms with Gasteiger partial charge in [-0.3, -0.25) is 0 Å². The molecule has 0 spiro atoms. The fourth-order valence-corrected chi connectivity index (χ4v) is 2.74. The van der Waals surface area contributed by atoms with E-state index in [9.17, 15) is 4.57 Å². The molecule has 0 bridgehead atoms. The second-order valence-electron chi connectivity index (χ2n) is 2.49. The van der Waals surface area contributed by atoms with Crippen LogP contribution in [0, 0.1) is 11.3 Å². The van der Waals surface area contributed by atoms with Gasteiger partial charge in [0.1, 0.15) is 7.14 Å². The molecule has 0 aromatic rings. The molecule has 0 radical (unpaired) electrons. The van der Waals surface area contributed by atoms with E-state index >= 15 is 0 Å². The Labute approximate surface area is 68.3 Å². The molecule has 0 saturated heterocycles. The van der Waals surface area contributed by atoms with Crippen molar-refractivity contribution in [3.05, 3.63) is 12.4 Å². The molecular formula is C8H14NOP. The summed E-state index contributed by atoms with van der Waals surface area (Å²) in [6, 6.07) is 2.00. The van der Waals surface area contributed by atoms with Crippen LogP contribution in [0.2, 0.25) is 0 Å². The van der Waals surface area contributed by atoms with Crippen LogP contribution in [-0.4, -0.2) is 12.3 Å². The van der Waals surface area contributed by atoms with Gasteiger partial charge in [0.05, 0.1) is 6.07 Å². The van der Waals surface area contributed by atoms with E-state index in [0.29, 0.717) is 18.7 Å². The molecule has 0 aromatic heterocycles. The topological polar surface area (TPSA) is 40.9 Å². The van der Waals surface area contributed by atoms with Gasteiger partial charge in [-0.1, -0.05) is 13.5 Å². The van der Waals surface area contributed by atoms with E-state index in [2.05, 4.69) is 6.58 Å². The van der Waals surface area contributed by atoms with Crippen molar-refractivity contribution >= 4 is 7.14 Å². The zero-order valence-corrected chi connectivity index (χ0v) is 7.81. The summed E-state index contributed by atoms with van der Waals surface area (Å²) < 4.78 is 11.7. The number of nitrogens with zero attached hydrogens (tertiary/aromatic N) is 1. The normalized spacial score (nSPS) is 14.9. The Morgan fingerprint density at radius 1 is 1.64 bits per heavy atom. The molecule has 2 nitrogen and oxygen atoms in total. The van der Waals surface area contributed by atoms with Crippen LogP contribution in [0.3, 0.4) is 0 Å². The van der Waals surface area contributed by atoms with E-state index < -0.39 is 7.14 Å². The number of nitriles is 1. The molecule has 11 heavy (non-hydrogen) atoms. The van der Waals surface area contributed by atoms with Crippen LogP contribution in [-0.2, 0) is 4.57 Å². The van der Waals surface area contributed by atoms with Crippen molar-refractivity contribution in [3.63, 3.8) is 0 Å². The first-order valence-electron chi connectivity index (χ1n) is 3.77. The van der Waals surface area contributed by atoms with Crippen LogP contribution in [0.15, 0.2) is 12.4 Å². The van der Waals surface area contributed by atoms with E-state index in [4.69, 9.17) is 5.26 Å². The Morgan fingerprint density at radius 3 is 2.64 bits per heavy atom. The maximum Gasteiger partial charge on any atom is 0.109 e. The second kappa shape index (κ2) is 5.16. The third-order valence-electron chi connectivity index (χ3n) is 1.54. The highest BCUT2D eigenvalue weighted by Gasteiger charge is 2.14. The van der Waals surface area contributed by atoms with Crippen LogP contribution in [0.5, 0.6) is 0 Å². The van der Waals surface area contributed by atoms with Gasteiger partial charge in [-0.2, -0.15) is 5.26 Å². The lowest BCUT2D eigenvalue weighted by Gasteiger charge is -2.09. The molecule has 0 rings (SSSR count). The Hall–Kier alpha value is -0.540. The van der Waals surface area contributed by atoms with Crippen molar-refractivity contribution in [2.45, 2.75) is 19.8 Å². The Morgan fingerprint density at radius 2 is 2.27 bits per heavy atom. The summed E-state index contributed by atoms with van der Waals surface area (Å²) in [6.45, 7) is 5.52. The van der Waals surface area contributed by atoms with E-state index in [0.717, 1.165) is 6.42 Å². The molecule has 0 N–H and O–H groups in total. The van der Waals surface area contributed by atoms with Crippen molar-refractivity contribution in [2.24, 2.45) is 0 Å². The summed E-state index contributed by atoms with van der Waals surface area (Å²) >= 11 is 0. The molecule has 0 aliphatic heterocycles. The average molecular weight is 171 g/mol. The quantitative estimate of drug-likeness (QED) is 0.597. The predicted molar refractivity (Wildman–Crippen MR) is 48.1 cm³/mol. The summed E-state index contributed by atoms with van der Waals surface area (Å²) in [5.41, 5.74) is 0. The summed E-state index contributed by atoms with van der Waals surface area (Å²) in [6.07, 6.45) is 2.47. The summed E-state index contributed by atoms with van der Waals surface area (Å²) in [4.78, 5) is 0. The fraction of sp³-hybridized carbons (Fsp3) is 0.625. The minimum absolute atomic E-state index is 0.378. The molecule has 0 heterocycles. The van der Waals surface area contributed by atoms with Crippen molar-refractivity contribution in [3.8, 4) is 6.07 Å². The molecule has 0 amide bonds. The van der Waals surface area contributed by atoms with Gasteiger partial charge in [0.15, 0.2) is 0 Å². The van der Waals surface area contributed by atoms with E-state index in [-0.39, 0.29) is 0 Å². The lowest BCUT2D eigenvalue weighted by atomic mass is 10.6. The second-order valence-corrected chi connectivity index (χ2v) is 5.65. The van der Waals surface area contributed by atoms with Crippen LogP contribution >= 0.6 is 7.14 Å². The molecular weight excluding hydrogens is 157 g/mol. The molecule has 0 aliphatic rings. The first kappa shape index (κ1) is 10.5. The highest BCUT2D eigenvalue weighted by Crippen LogP contribution is 2.47. The summed E-state index contributed by atoms with van der Waals surface area (Å²) in [5, 5.41) is 8.29. The highest BCUT2D eigenvalue weighted by atomic mass is 31.2. The van der Waals surface area contributed by atoms with Gasteiger partial charge in [0, 0.05) is 18.7 Å². The smallest absolute Gasteiger partial charge is 0.109 e. The zero-order chi connectivity index (χ0) is 8.74. The number of rotatable bonds is 5. The molecule has 0 fully saturated rings. The molecule has 1 unspecified atom stereocenters. The lowest BCUT2D eigenvalue weighted by Crippen LogP contribution is -1.90. The summed E-state index contributed by atoms with van der Waals surface area (Å²) in [7, 11) is -2.18. The van der Waals surface area contributed by atoms with Crippen LogP contribution in [0.4, 0.5) is 0 Å². The Kier molecular flexibility index (Phi) is 4.90. The van der Waals surface area contributed by atoms with Crippen LogP contribution < -0.4 is 0 Å². The maximum atomic E-state index is 11.7.